The van der Waals surface area contributed by atoms with Crippen LogP contribution in [0.3, 0.4) is 0 Å². The highest BCUT2D eigenvalue weighted by Gasteiger charge is 2.52. The number of esters is 3. The third-order valence-electron chi connectivity index (χ3n) is 15.2. The molecule has 9 atom stereocenters. The number of nitrogen functional groups attached to an aromatic ring is 2. The van der Waals surface area contributed by atoms with Crippen LogP contribution in [0.5, 0.6) is 0 Å². The molecule has 3 aliphatic heterocycles. The number of carbonyl (C=O) groups excluding carboxylic acids is 3. The smallest absolute Gasteiger partial charge is 0.312 e. The van der Waals surface area contributed by atoms with Crippen molar-refractivity contribution in [2.24, 2.45) is 32.7 Å². The molecule has 3 aromatic rings. The minimum absolute atomic E-state index is 0.0411. The second kappa shape index (κ2) is 26.1. The van der Waals surface area contributed by atoms with E-state index >= 15 is 0 Å². The predicted molar refractivity (Wildman–Crippen MR) is 317 cm³/mol. The lowest BCUT2D eigenvalue weighted by Gasteiger charge is -2.45. The van der Waals surface area contributed by atoms with Gasteiger partial charge in [-0.2, -0.15) is 0 Å². The molecule has 0 spiro atoms. The zero-order valence-corrected chi connectivity index (χ0v) is 50.9. The number of nitrogens with zero attached hydrogens (tertiary/aromatic N) is 4. The van der Waals surface area contributed by atoms with Gasteiger partial charge >= 0.3 is 17.9 Å². The van der Waals surface area contributed by atoms with E-state index in [-0.39, 0.29) is 79.5 Å². The third kappa shape index (κ3) is 16.6. The first-order chi connectivity index (χ1) is 38.7. The van der Waals surface area contributed by atoms with Crippen LogP contribution in [0.2, 0.25) is 0 Å². The Labute approximate surface area is 494 Å². The Morgan fingerprint density at radius 2 is 0.831 bits per heavy atom. The van der Waals surface area contributed by atoms with E-state index in [1.54, 1.807) is 32.9 Å². The van der Waals surface area contributed by atoms with Crippen LogP contribution >= 0.6 is 35.3 Å². The highest BCUT2D eigenvalue weighted by Crippen LogP contribution is 2.54. The second-order valence-electron chi connectivity index (χ2n) is 25.1. The van der Waals surface area contributed by atoms with Crippen molar-refractivity contribution < 1.29 is 59.9 Å². The molecule has 83 heavy (non-hydrogen) atoms. The van der Waals surface area contributed by atoms with Gasteiger partial charge in [0.15, 0.2) is 0 Å². The molecular weight excluding hydrogens is 1140 g/mol. The number of hydrogen-bond acceptors (Lipinski definition) is 16. The molecule has 3 saturated carbocycles. The summed E-state index contributed by atoms with van der Waals surface area (Å²) < 4.78 is 103. The summed E-state index contributed by atoms with van der Waals surface area (Å²) in [5.41, 5.74) is 8.71. The van der Waals surface area contributed by atoms with Gasteiger partial charge in [0.2, 0.25) is 0 Å². The first-order valence-electron chi connectivity index (χ1n) is 28.0. The molecular formula is C60H76F6N6O8S3. The van der Waals surface area contributed by atoms with Gasteiger partial charge in [-0.3, -0.25) is 39.5 Å². The minimum Gasteiger partial charge on any atom is -0.460 e. The maximum atomic E-state index is 14.8. The molecule has 0 amide bonds. The van der Waals surface area contributed by atoms with Crippen molar-refractivity contribution in [2.75, 3.05) is 28.7 Å². The summed E-state index contributed by atoms with van der Waals surface area (Å²) in [7, 11) is 0. The zero-order valence-electron chi connectivity index (χ0n) is 48.5. The molecule has 3 aromatic carbocycles. The monoisotopic (exact) mass is 1220 g/mol. The van der Waals surface area contributed by atoms with E-state index in [9.17, 15) is 50.8 Å². The van der Waals surface area contributed by atoms with Crippen molar-refractivity contribution in [2.45, 2.75) is 191 Å². The van der Waals surface area contributed by atoms with E-state index in [4.69, 9.17) is 40.7 Å². The Balaban J connectivity index is 0.000000179. The summed E-state index contributed by atoms with van der Waals surface area (Å²) in [5, 5.41) is 12.9. The van der Waals surface area contributed by atoms with Gasteiger partial charge in [-0.05, 0) is 163 Å². The van der Waals surface area contributed by atoms with Crippen molar-refractivity contribution in [3.63, 3.8) is 0 Å². The molecule has 3 heterocycles. The van der Waals surface area contributed by atoms with E-state index in [1.807, 2.05) is 41.5 Å². The quantitative estimate of drug-likeness (QED) is 0.0484. The molecule has 3 fully saturated rings. The maximum absolute atomic E-state index is 14.8. The molecule has 0 radical (unpaired) electrons. The number of aliphatic imine (C=N–C) groups is 3. The number of thioether (sulfide) groups is 3. The summed E-state index contributed by atoms with van der Waals surface area (Å²) in [6.07, 6.45) is -0.0734. The molecule has 4 N–H and O–H groups in total. The van der Waals surface area contributed by atoms with Crippen LogP contribution in [0.1, 0.15) is 156 Å². The van der Waals surface area contributed by atoms with Crippen LogP contribution < -0.4 is 11.5 Å². The number of nitro groups is 1. The normalized spacial score (nSPS) is 27.8. The van der Waals surface area contributed by atoms with Crippen molar-refractivity contribution >= 4 is 85.4 Å². The number of anilines is 2. The first kappa shape index (κ1) is 65.3. The average molecular weight is 1220 g/mol. The lowest BCUT2D eigenvalue weighted by molar-refractivity contribution is -0.385. The van der Waals surface area contributed by atoms with Crippen molar-refractivity contribution in [3.8, 4) is 0 Å². The molecule has 2 unspecified atom stereocenters. The van der Waals surface area contributed by atoms with Gasteiger partial charge in [0.1, 0.15) is 52.8 Å². The van der Waals surface area contributed by atoms with Gasteiger partial charge in [-0.15, -0.1) is 35.3 Å². The van der Waals surface area contributed by atoms with Crippen LogP contribution in [0.4, 0.5) is 43.4 Å². The fourth-order valence-corrected chi connectivity index (χ4v) is 15.5. The standard InChI is InChI=1S/C20H24F2N2O4S.2C20H26F2N2O2S/c1-19(2,3)28-18(25)10-17-23-20(7-6-13(21)8-12(20)11-29-17)15-9-14(24(26)27)4-5-16(15)22;2*1-19(2,3)26-18(25)10-17-24-20(15-9-14(23)4-5-16(15)22)7-6-13(21)8-12(20)11-27-17/h4-5,9,12-13H,6-8,10-11H2,1-3H3;2*4-5,9,12-13H,6-8,10-11,23H2,1-3H3/t2*12-,13?,20-;12-,13+,20-/m000/s1. The number of non-ortho nitro benzene ring substituents is 1. The minimum atomic E-state index is -1.11. The largest absolute Gasteiger partial charge is 0.460 e. The molecule has 14 nitrogen and oxygen atoms in total. The Kier molecular flexibility index (Phi) is 20.5. The number of halogens is 6. The molecule has 0 aromatic heterocycles. The average Bonchev–Trinajstić information content (AvgIpc) is 1.36. The lowest BCUT2D eigenvalue weighted by Crippen LogP contribution is -2.45. The summed E-state index contributed by atoms with van der Waals surface area (Å²) in [5.74, 6) is -1.50. The van der Waals surface area contributed by atoms with Crippen molar-refractivity contribution in [1.82, 2.24) is 0 Å². The third-order valence-corrected chi connectivity index (χ3v) is 18.6. The molecule has 3 aliphatic carbocycles. The van der Waals surface area contributed by atoms with Gasteiger partial charge in [-0.1, -0.05) is 0 Å². The van der Waals surface area contributed by atoms with Crippen LogP contribution in [0.15, 0.2) is 69.6 Å². The fourth-order valence-electron chi connectivity index (χ4n) is 11.7. The fraction of sp³-hybridized carbons (Fsp3) is 0.600. The molecule has 6 aliphatic rings. The van der Waals surface area contributed by atoms with E-state index in [0.29, 0.717) is 93.4 Å². The Hall–Kier alpha value is -5.29. The molecule has 9 rings (SSSR count). The number of benzene rings is 3. The highest BCUT2D eigenvalue weighted by atomic mass is 32.2. The van der Waals surface area contributed by atoms with E-state index in [2.05, 4.69) is 0 Å². The van der Waals surface area contributed by atoms with Crippen LogP contribution in [0.25, 0.3) is 0 Å². The number of fused-ring (bicyclic) bond motifs is 3. The van der Waals surface area contributed by atoms with Crippen LogP contribution in [-0.2, 0) is 45.2 Å². The molecule has 0 bridgehead atoms. The Morgan fingerprint density at radius 1 is 0.542 bits per heavy atom. The first-order valence-corrected chi connectivity index (χ1v) is 30.9. The van der Waals surface area contributed by atoms with Gasteiger partial charge in [0.05, 0.1) is 55.9 Å². The number of rotatable bonds is 10. The van der Waals surface area contributed by atoms with Crippen molar-refractivity contribution in [1.29, 1.82) is 0 Å². The van der Waals surface area contributed by atoms with Gasteiger partial charge in [0, 0.05) is 75.2 Å². The number of hydrogen-bond donors (Lipinski definition) is 2. The van der Waals surface area contributed by atoms with Crippen LogP contribution in [0, 0.1) is 45.3 Å². The summed E-state index contributed by atoms with van der Waals surface area (Å²) in [4.78, 5) is 61.7. The number of alkyl halides is 3. The van der Waals surface area contributed by atoms with E-state index < -0.39 is 80.3 Å². The SMILES string of the molecule is CC(C)(C)OC(=O)CC1=N[C@@]2(c3cc(N)ccc3F)CCC(F)C[C@H]2CS1.CC(C)(C)OC(=O)CC1=N[C@@]2(c3cc(N)ccc3F)CC[C@@H](F)C[C@H]2CS1.CC(C)(C)OC(=O)CC1=N[C@@]2(c3cc([N+](=O)[O-])ccc3F)CCC(F)C[C@H]2CS1. The number of ether oxygens (including phenoxy) is 3. The van der Waals surface area contributed by atoms with Crippen molar-refractivity contribution in [3.05, 3.63) is 98.9 Å². The number of nitro benzene ring substituents is 1. The lowest BCUT2D eigenvalue weighted by atomic mass is 9.69. The maximum Gasteiger partial charge on any atom is 0.312 e. The summed E-state index contributed by atoms with van der Waals surface area (Å²) in [6, 6.07) is 12.3. The topological polar surface area (TPSA) is 211 Å². The summed E-state index contributed by atoms with van der Waals surface area (Å²) >= 11 is 4.22. The van der Waals surface area contributed by atoms with Crippen LogP contribution in [-0.4, -0.2) is 90.5 Å². The summed E-state index contributed by atoms with van der Waals surface area (Å²) in [6.45, 7) is 16.1. The van der Waals surface area contributed by atoms with Gasteiger partial charge < -0.3 is 25.7 Å². The molecule has 0 saturated heterocycles. The highest BCUT2D eigenvalue weighted by molar-refractivity contribution is 8.14. The zero-order chi connectivity index (χ0) is 61.0. The Bertz CT molecular complexity index is 2880. The number of carbonyl (C=O) groups is 3. The second-order valence-corrected chi connectivity index (χ2v) is 28.4. The molecule has 23 heteroatoms. The Morgan fingerprint density at radius 3 is 1.12 bits per heavy atom. The molecule has 454 valence electrons. The van der Waals surface area contributed by atoms with Gasteiger partial charge in [0.25, 0.3) is 5.69 Å². The van der Waals surface area contributed by atoms with E-state index in [0.717, 1.165) is 12.1 Å². The van der Waals surface area contributed by atoms with Gasteiger partial charge in [-0.25, -0.2) is 26.3 Å². The van der Waals surface area contributed by atoms with E-state index in [1.165, 1.54) is 65.6 Å². The number of nitrogens with two attached hydrogens (primary N) is 2. The predicted octanol–water partition coefficient (Wildman–Crippen LogP) is 14.2.